The molecule has 0 amide bonds. The lowest BCUT2D eigenvalue weighted by Gasteiger charge is -2.13. The Balaban J connectivity index is 1.81. The number of thiophene rings is 1. The van der Waals surface area contributed by atoms with Gasteiger partial charge in [-0.15, -0.1) is 11.3 Å². The van der Waals surface area contributed by atoms with Crippen molar-refractivity contribution < 1.29 is 12.9 Å². The first kappa shape index (κ1) is 16.2. The summed E-state index contributed by atoms with van der Waals surface area (Å²) in [6, 6.07) is 7.91. The molecule has 0 aliphatic heterocycles. The van der Waals surface area contributed by atoms with Crippen molar-refractivity contribution in [3.63, 3.8) is 0 Å². The molecular weight excluding hydrogens is 332 g/mol. The maximum absolute atomic E-state index is 12.5. The number of aromatic nitrogens is 1. The van der Waals surface area contributed by atoms with Crippen LogP contribution in [-0.4, -0.2) is 19.6 Å². The Kier molecular flexibility index (Phi) is 4.27. The number of hydrogen-bond acceptors (Lipinski definition) is 5. The molecule has 0 radical (unpaired) electrons. The highest BCUT2D eigenvalue weighted by molar-refractivity contribution is 7.89. The maximum Gasteiger partial charge on any atom is 0.246 e. The molecule has 0 saturated heterocycles. The molecule has 3 aromatic rings. The van der Waals surface area contributed by atoms with E-state index < -0.39 is 10.0 Å². The SMILES string of the molecule is Cc1noc(C)c1S(=O)(=O)N[C@H](C)Cc1csc2ccccc12. The molecule has 1 N–H and O–H groups in total. The quantitative estimate of drug-likeness (QED) is 0.765. The zero-order valence-corrected chi connectivity index (χ0v) is 14.8. The van der Waals surface area contributed by atoms with Gasteiger partial charge in [0.25, 0.3) is 0 Å². The summed E-state index contributed by atoms with van der Waals surface area (Å²) < 4.78 is 33.9. The molecule has 0 spiro atoms. The molecule has 23 heavy (non-hydrogen) atoms. The van der Waals surface area contributed by atoms with Crippen LogP contribution >= 0.6 is 11.3 Å². The first-order chi connectivity index (χ1) is 10.9. The normalized spacial score (nSPS) is 13.5. The lowest BCUT2D eigenvalue weighted by Crippen LogP contribution is -2.34. The van der Waals surface area contributed by atoms with E-state index in [4.69, 9.17) is 4.52 Å². The molecule has 7 heteroatoms. The summed E-state index contributed by atoms with van der Waals surface area (Å²) in [7, 11) is -3.64. The Hall–Kier alpha value is -1.70. The van der Waals surface area contributed by atoms with Crippen LogP contribution < -0.4 is 4.72 Å². The summed E-state index contributed by atoms with van der Waals surface area (Å²) in [5, 5.41) is 6.98. The number of fused-ring (bicyclic) bond motifs is 1. The fourth-order valence-corrected chi connectivity index (χ4v) is 5.29. The van der Waals surface area contributed by atoms with Crippen LogP contribution in [0.2, 0.25) is 0 Å². The molecule has 0 aliphatic rings. The molecular formula is C16H18N2O3S2. The van der Waals surface area contributed by atoms with Crippen molar-refractivity contribution >= 4 is 31.4 Å². The first-order valence-electron chi connectivity index (χ1n) is 7.29. The third kappa shape index (κ3) is 3.17. The number of sulfonamides is 1. The van der Waals surface area contributed by atoms with Gasteiger partial charge in [-0.3, -0.25) is 0 Å². The molecule has 2 heterocycles. The van der Waals surface area contributed by atoms with E-state index >= 15 is 0 Å². The molecule has 0 saturated carbocycles. The predicted molar refractivity (Wildman–Crippen MR) is 91.3 cm³/mol. The fraction of sp³-hybridized carbons (Fsp3) is 0.312. The van der Waals surface area contributed by atoms with Gasteiger partial charge in [0.05, 0.1) is 0 Å². The third-order valence-corrected chi connectivity index (χ3v) is 6.53. The smallest absolute Gasteiger partial charge is 0.246 e. The van der Waals surface area contributed by atoms with Gasteiger partial charge in [0.2, 0.25) is 10.0 Å². The Bertz CT molecular complexity index is 922. The minimum Gasteiger partial charge on any atom is -0.360 e. The molecule has 1 atom stereocenters. The van der Waals surface area contributed by atoms with Crippen molar-refractivity contribution in [2.24, 2.45) is 0 Å². The average Bonchev–Trinajstić information content (AvgIpc) is 3.03. The maximum atomic E-state index is 12.5. The van der Waals surface area contributed by atoms with E-state index in [1.807, 2.05) is 19.1 Å². The van der Waals surface area contributed by atoms with Gasteiger partial charge >= 0.3 is 0 Å². The Morgan fingerprint density at radius 1 is 1.30 bits per heavy atom. The van der Waals surface area contributed by atoms with Gasteiger partial charge in [0, 0.05) is 10.7 Å². The van der Waals surface area contributed by atoms with Crippen molar-refractivity contribution in [3.05, 3.63) is 46.7 Å². The summed E-state index contributed by atoms with van der Waals surface area (Å²) in [6.45, 7) is 5.09. The third-order valence-electron chi connectivity index (χ3n) is 3.68. The van der Waals surface area contributed by atoms with Gasteiger partial charge in [-0.2, -0.15) is 0 Å². The van der Waals surface area contributed by atoms with Crippen molar-refractivity contribution in [2.45, 2.75) is 38.1 Å². The molecule has 0 unspecified atom stereocenters. The zero-order chi connectivity index (χ0) is 16.6. The summed E-state index contributed by atoms with van der Waals surface area (Å²) >= 11 is 1.67. The van der Waals surface area contributed by atoms with E-state index in [-0.39, 0.29) is 10.9 Å². The molecule has 0 fully saturated rings. The second kappa shape index (κ2) is 6.07. The van der Waals surface area contributed by atoms with Gasteiger partial charge in [-0.1, -0.05) is 23.4 Å². The van der Waals surface area contributed by atoms with E-state index in [9.17, 15) is 8.42 Å². The van der Waals surface area contributed by atoms with Crippen LogP contribution in [0.25, 0.3) is 10.1 Å². The largest absolute Gasteiger partial charge is 0.360 e. The average molecular weight is 350 g/mol. The van der Waals surface area contributed by atoms with E-state index in [2.05, 4.69) is 27.4 Å². The van der Waals surface area contributed by atoms with E-state index in [1.54, 1.807) is 25.2 Å². The highest BCUT2D eigenvalue weighted by Gasteiger charge is 2.26. The molecule has 0 aliphatic carbocycles. The van der Waals surface area contributed by atoms with Crippen molar-refractivity contribution in [1.29, 1.82) is 0 Å². The van der Waals surface area contributed by atoms with Gasteiger partial charge < -0.3 is 4.52 Å². The molecule has 5 nitrogen and oxygen atoms in total. The van der Waals surface area contributed by atoms with Crippen LogP contribution in [0, 0.1) is 13.8 Å². The minimum atomic E-state index is -3.64. The van der Waals surface area contributed by atoms with Crippen molar-refractivity contribution in [3.8, 4) is 0 Å². The van der Waals surface area contributed by atoms with Crippen molar-refractivity contribution in [2.75, 3.05) is 0 Å². The number of rotatable bonds is 5. The number of hydrogen-bond donors (Lipinski definition) is 1. The molecule has 0 bridgehead atoms. The van der Waals surface area contributed by atoms with Gasteiger partial charge in [0.1, 0.15) is 10.6 Å². The van der Waals surface area contributed by atoms with Gasteiger partial charge in [-0.05, 0) is 49.6 Å². The van der Waals surface area contributed by atoms with E-state index in [0.717, 1.165) is 5.56 Å². The Morgan fingerprint density at radius 3 is 2.74 bits per heavy atom. The van der Waals surface area contributed by atoms with Gasteiger partial charge in [0.15, 0.2) is 5.76 Å². The number of aryl methyl sites for hydroxylation is 2. The van der Waals surface area contributed by atoms with Crippen LogP contribution in [0.15, 0.2) is 39.1 Å². The summed E-state index contributed by atoms with van der Waals surface area (Å²) in [5.41, 5.74) is 1.53. The number of nitrogens with one attached hydrogen (secondary N) is 1. The highest BCUT2D eigenvalue weighted by atomic mass is 32.2. The summed E-state index contributed by atoms with van der Waals surface area (Å²) in [5.74, 6) is 0.309. The van der Waals surface area contributed by atoms with Crippen LogP contribution in [-0.2, 0) is 16.4 Å². The standard InChI is InChI=1S/C16H18N2O3S2/c1-10(8-13-9-22-15-7-5-4-6-14(13)15)18-23(19,20)16-11(2)17-21-12(16)3/h4-7,9-10,18H,8H2,1-3H3/t10-/m1/s1. The lowest BCUT2D eigenvalue weighted by molar-refractivity contribution is 0.390. The van der Waals surface area contributed by atoms with Crippen LogP contribution in [0.1, 0.15) is 23.9 Å². The second-order valence-electron chi connectivity index (χ2n) is 5.64. The zero-order valence-electron chi connectivity index (χ0n) is 13.2. The second-order valence-corrected chi connectivity index (χ2v) is 8.20. The fourth-order valence-electron chi connectivity index (χ4n) is 2.74. The minimum absolute atomic E-state index is 0.138. The molecule has 1 aromatic carbocycles. The summed E-state index contributed by atoms with van der Waals surface area (Å²) in [6.07, 6.45) is 0.632. The van der Waals surface area contributed by atoms with Crippen LogP contribution in [0.4, 0.5) is 0 Å². The lowest BCUT2D eigenvalue weighted by atomic mass is 10.1. The molecule has 122 valence electrons. The Labute approximate surface area is 139 Å². The topological polar surface area (TPSA) is 72.2 Å². The van der Waals surface area contributed by atoms with E-state index in [1.165, 1.54) is 10.1 Å². The monoisotopic (exact) mass is 350 g/mol. The van der Waals surface area contributed by atoms with Crippen LogP contribution in [0.5, 0.6) is 0 Å². The van der Waals surface area contributed by atoms with Gasteiger partial charge in [-0.25, -0.2) is 13.1 Å². The highest BCUT2D eigenvalue weighted by Crippen LogP contribution is 2.27. The van der Waals surface area contributed by atoms with E-state index in [0.29, 0.717) is 17.9 Å². The molecule has 2 aromatic heterocycles. The number of nitrogens with zero attached hydrogens (tertiary/aromatic N) is 1. The first-order valence-corrected chi connectivity index (χ1v) is 9.65. The predicted octanol–water partition coefficient (Wildman–Crippen LogP) is 3.42. The summed E-state index contributed by atoms with van der Waals surface area (Å²) in [4.78, 5) is 0.138. The van der Waals surface area contributed by atoms with Crippen LogP contribution in [0.3, 0.4) is 0 Å². The molecule has 3 rings (SSSR count). The van der Waals surface area contributed by atoms with Crippen molar-refractivity contribution in [1.82, 2.24) is 9.88 Å². The number of benzene rings is 1. The Morgan fingerprint density at radius 2 is 2.04 bits per heavy atom.